The molecule has 1 aliphatic heterocycles. The number of carbonyl (C=O) groups is 3. The van der Waals surface area contributed by atoms with E-state index in [2.05, 4.69) is 9.97 Å². The summed E-state index contributed by atoms with van der Waals surface area (Å²) in [7, 11) is 1.23. The highest BCUT2D eigenvalue weighted by Gasteiger charge is 2.47. The second-order valence-electron chi connectivity index (χ2n) is 8.28. The van der Waals surface area contributed by atoms with Crippen LogP contribution in [-0.2, 0) is 20.9 Å². The monoisotopic (exact) mass is 480 g/mol. The smallest absolute Gasteiger partial charge is 0.354 e. The van der Waals surface area contributed by atoms with E-state index in [1.165, 1.54) is 30.2 Å². The normalized spacial score (nSPS) is 17.3. The lowest BCUT2D eigenvalue weighted by Crippen LogP contribution is -2.31. The van der Waals surface area contributed by atoms with Gasteiger partial charge >= 0.3 is 5.97 Å². The molecule has 1 atom stereocenters. The Morgan fingerprint density at radius 3 is 2.63 bits per heavy atom. The number of benzene rings is 1. The number of ketones is 1. The number of Topliss-reactive ketones (excluding diaryl/α,β-unsaturated/α-hetero) is 1. The highest BCUT2D eigenvalue weighted by atomic mass is 19.1. The summed E-state index contributed by atoms with van der Waals surface area (Å²) in [6.45, 7) is 3.89. The van der Waals surface area contributed by atoms with Crippen molar-refractivity contribution in [1.29, 1.82) is 0 Å². The third-order valence-corrected chi connectivity index (χ3v) is 6.18. The number of methoxy groups -OCH3 is 1. The molecule has 1 saturated heterocycles. The van der Waals surface area contributed by atoms with E-state index >= 15 is 0 Å². The molecule has 1 aromatic carbocycles. The molecule has 10 heteroatoms. The molecule has 0 radical (unpaired) electrons. The van der Waals surface area contributed by atoms with Crippen LogP contribution in [0.3, 0.4) is 0 Å². The molecule has 2 N–H and O–H groups in total. The summed E-state index contributed by atoms with van der Waals surface area (Å²) in [5, 5.41) is 11.3. The molecule has 1 fully saturated rings. The molecule has 182 valence electrons. The Balaban J connectivity index is 1.81. The fraction of sp³-hybridized carbons (Fsp3) is 0.280. The first-order valence-corrected chi connectivity index (χ1v) is 11.0. The van der Waals surface area contributed by atoms with E-state index in [1.807, 2.05) is 4.57 Å². The van der Waals surface area contributed by atoms with E-state index in [0.717, 1.165) is 0 Å². The van der Waals surface area contributed by atoms with Crippen LogP contribution in [0.5, 0.6) is 0 Å². The van der Waals surface area contributed by atoms with Crippen molar-refractivity contribution >= 4 is 23.4 Å². The van der Waals surface area contributed by atoms with Crippen molar-refractivity contribution in [1.82, 2.24) is 19.4 Å². The third-order valence-electron chi connectivity index (χ3n) is 6.18. The lowest BCUT2D eigenvalue weighted by Gasteiger charge is -2.25. The third kappa shape index (κ3) is 4.23. The van der Waals surface area contributed by atoms with E-state index in [-0.39, 0.29) is 28.9 Å². The first-order chi connectivity index (χ1) is 16.8. The summed E-state index contributed by atoms with van der Waals surface area (Å²) < 4.78 is 21.5. The molecule has 3 heterocycles. The number of halogens is 1. The zero-order chi connectivity index (χ0) is 25.3. The number of likely N-dealkylation sites (tertiary alicyclic amines) is 1. The van der Waals surface area contributed by atoms with E-state index in [1.54, 1.807) is 38.6 Å². The number of hydrogen-bond acceptors (Lipinski definition) is 6. The van der Waals surface area contributed by atoms with E-state index in [0.29, 0.717) is 24.2 Å². The Labute approximate surface area is 200 Å². The van der Waals surface area contributed by atoms with Gasteiger partial charge in [0.25, 0.3) is 11.7 Å². The molecule has 0 aliphatic carbocycles. The maximum atomic E-state index is 14.9. The SMILES string of the molecule is COC(=O)c1[nH]c(C)c(/C(O)=C2/C(=O)C(=O)N(CCCn3ccnc3)C2c2ccccc2F)c1C. The fourth-order valence-electron chi connectivity index (χ4n) is 4.52. The van der Waals surface area contributed by atoms with Crippen molar-refractivity contribution < 1.29 is 28.6 Å². The van der Waals surface area contributed by atoms with Gasteiger partial charge in [0.15, 0.2) is 0 Å². The number of carbonyl (C=O) groups excluding carboxylic acids is 3. The summed E-state index contributed by atoms with van der Waals surface area (Å²) in [6.07, 6.45) is 5.52. The number of aromatic nitrogens is 3. The second kappa shape index (κ2) is 9.57. The van der Waals surface area contributed by atoms with Crippen LogP contribution in [0.15, 0.2) is 48.6 Å². The van der Waals surface area contributed by atoms with Crippen LogP contribution in [-0.4, -0.2) is 55.9 Å². The number of ether oxygens (including phenoxy) is 1. The second-order valence-corrected chi connectivity index (χ2v) is 8.28. The molecular formula is C25H25FN4O5. The van der Waals surface area contributed by atoms with Crippen LogP contribution in [0.2, 0.25) is 0 Å². The summed E-state index contributed by atoms with van der Waals surface area (Å²) in [5.74, 6) is -3.48. The number of hydrogen-bond donors (Lipinski definition) is 2. The number of amides is 1. The summed E-state index contributed by atoms with van der Waals surface area (Å²) in [5.41, 5.74) is 0.926. The molecule has 2 aromatic heterocycles. The van der Waals surface area contributed by atoms with Gasteiger partial charge in [-0.05, 0) is 31.9 Å². The van der Waals surface area contributed by atoms with Crippen LogP contribution in [0.1, 0.15) is 45.3 Å². The Morgan fingerprint density at radius 2 is 1.97 bits per heavy atom. The van der Waals surface area contributed by atoms with Gasteiger partial charge in [-0.1, -0.05) is 18.2 Å². The van der Waals surface area contributed by atoms with Crippen LogP contribution in [0, 0.1) is 19.7 Å². The van der Waals surface area contributed by atoms with E-state index in [9.17, 15) is 23.9 Å². The molecule has 3 aromatic rings. The minimum absolute atomic E-state index is 0.0925. The maximum Gasteiger partial charge on any atom is 0.354 e. The molecule has 35 heavy (non-hydrogen) atoms. The standard InChI is InChI=1S/C25H25FN4O5/c1-14-18(15(2)28-20(14)25(34)35-3)22(31)19-21(16-7-4-5-8-17(16)26)30(24(33)23(19)32)11-6-10-29-12-9-27-13-29/h4-5,7-9,12-13,21,28,31H,6,10-11H2,1-3H3/b22-19-. The van der Waals surface area contributed by atoms with Crippen molar-refractivity contribution in [3.8, 4) is 0 Å². The number of aliphatic hydroxyl groups excluding tert-OH is 1. The van der Waals surface area contributed by atoms with Gasteiger partial charge in [-0.15, -0.1) is 0 Å². The van der Waals surface area contributed by atoms with Crippen molar-refractivity contribution in [3.05, 3.63) is 82.5 Å². The van der Waals surface area contributed by atoms with Crippen molar-refractivity contribution in [3.63, 3.8) is 0 Å². The summed E-state index contributed by atoms with van der Waals surface area (Å²) >= 11 is 0. The highest BCUT2D eigenvalue weighted by Crippen LogP contribution is 2.41. The maximum absolute atomic E-state index is 14.9. The minimum Gasteiger partial charge on any atom is -0.507 e. The van der Waals surface area contributed by atoms with Gasteiger partial charge in [0.2, 0.25) is 0 Å². The number of aromatic amines is 1. The number of aliphatic hydroxyl groups is 1. The van der Waals surface area contributed by atoms with Crippen LogP contribution in [0.25, 0.3) is 5.76 Å². The Morgan fingerprint density at radius 1 is 1.23 bits per heavy atom. The first kappa shape index (κ1) is 23.9. The lowest BCUT2D eigenvalue weighted by molar-refractivity contribution is -0.140. The van der Waals surface area contributed by atoms with Crippen LogP contribution < -0.4 is 0 Å². The number of imidazole rings is 1. The Hall–Kier alpha value is -4.21. The van der Waals surface area contributed by atoms with Gasteiger partial charge in [0.05, 0.1) is 25.1 Å². The number of nitrogens with one attached hydrogen (secondary N) is 1. The van der Waals surface area contributed by atoms with Gasteiger partial charge in [-0.3, -0.25) is 9.59 Å². The molecule has 9 nitrogen and oxygen atoms in total. The van der Waals surface area contributed by atoms with E-state index in [4.69, 9.17) is 4.74 Å². The van der Waals surface area contributed by atoms with Crippen molar-refractivity contribution in [2.75, 3.05) is 13.7 Å². The van der Waals surface area contributed by atoms with Gasteiger partial charge in [-0.25, -0.2) is 14.2 Å². The average molecular weight is 480 g/mol. The number of nitrogens with zero attached hydrogens (tertiary/aromatic N) is 3. The molecule has 0 spiro atoms. The Bertz CT molecular complexity index is 1330. The zero-order valence-corrected chi connectivity index (χ0v) is 19.5. The molecule has 0 saturated carbocycles. The van der Waals surface area contributed by atoms with Gasteiger partial charge in [0, 0.05) is 42.3 Å². The van der Waals surface area contributed by atoms with Gasteiger partial charge in [0.1, 0.15) is 17.3 Å². The summed E-state index contributed by atoms with van der Waals surface area (Å²) in [6, 6.07) is 4.70. The quantitative estimate of drug-likeness (QED) is 0.232. The Kier molecular flexibility index (Phi) is 6.54. The number of aryl methyl sites for hydroxylation is 2. The number of rotatable bonds is 7. The van der Waals surface area contributed by atoms with E-state index < -0.39 is 35.3 Å². The summed E-state index contributed by atoms with van der Waals surface area (Å²) in [4.78, 5) is 46.5. The molecule has 0 bridgehead atoms. The first-order valence-electron chi connectivity index (χ1n) is 11.0. The largest absolute Gasteiger partial charge is 0.507 e. The van der Waals surface area contributed by atoms with Crippen molar-refractivity contribution in [2.45, 2.75) is 32.9 Å². The zero-order valence-electron chi connectivity index (χ0n) is 19.5. The average Bonchev–Trinajstić information content (AvgIpc) is 3.52. The van der Waals surface area contributed by atoms with Gasteiger partial charge < -0.3 is 24.3 Å². The molecule has 1 amide bonds. The molecule has 1 unspecified atom stereocenters. The highest BCUT2D eigenvalue weighted by molar-refractivity contribution is 6.46. The van der Waals surface area contributed by atoms with Crippen molar-refractivity contribution in [2.24, 2.45) is 0 Å². The predicted molar refractivity (Wildman–Crippen MR) is 124 cm³/mol. The fourth-order valence-corrected chi connectivity index (χ4v) is 4.52. The lowest BCUT2D eigenvalue weighted by atomic mass is 9.93. The van der Waals surface area contributed by atoms with Gasteiger partial charge in [-0.2, -0.15) is 0 Å². The minimum atomic E-state index is -1.13. The van der Waals surface area contributed by atoms with Crippen LogP contribution in [0.4, 0.5) is 4.39 Å². The number of esters is 1. The predicted octanol–water partition coefficient (Wildman–Crippen LogP) is 3.27. The molecule has 4 rings (SSSR count). The molecule has 1 aliphatic rings. The number of H-pyrrole nitrogens is 1. The van der Waals surface area contributed by atoms with Crippen LogP contribution >= 0.6 is 0 Å². The molecular weight excluding hydrogens is 455 g/mol. The topological polar surface area (TPSA) is 118 Å².